The van der Waals surface area contributed by atoms with E-state index < -0.39 is 11.2 Å². The number of hydrogen-bond donors (Lipinski definition) is 2. The lowest BCUT2D eigenvalue weighted by atomic mass is 10.1. The molecule has 0 spiro atoms. The van der Waals surface area contributed by atoms with Gasteiger partial charge in [-0.15, -0.1) is 0 Å². The monoisotopic (exact) mass is 283 g/mol. The van der Waals surface area contributed by atoms with Crippen LogP contribution in [0.2, 0.25) is 0 Å². The molecule has 4 heteroatoms. The van der Waals surface area contributed by atoms with E-state index >= 15 is 0 Å². The lowest BCUT2D eigenvalue weighted by Gasteiger charge is -2.14. The summed E-state index contributed by atoms with van der Waals surface area (Å²) < 4.78 is 12.7. The molecule has 3 aromatic carbocycles. The van der Waals surface area contributed by atoms with Crippen LogP contribution in [0.15, 0.2) is 70.5 Å². The van der Waals surface area contributed by atoms with Crippen LogP contribution in [0.3, 0.4) is 0 Å². The van der Waals surface area contributed by atoms with Crippen LogP contribution in [0.4, 0.5) is 5.69 Å². The number of rotatable bonds is 2. The second-order valence-corrected chi connectivity index (χ2v) is 5.89. The molecule has 0 aromatic heterocycles. The van der Waals surface area contributed by atoms with Gasteiger partial charge in [-0.25, -0.2) is 0 Å². The molecule has 0 radical (unpaired) electrons. The van der Waals surface area contributed by atoms with Crippen molar-refractivity contribution in [3.8, 4) is 5.75 Å². The molecule has 100 valence electrons. The highest BCUT2D eigenvalue weighted by molar-refractivity contribution is 7.91. The molecule has 0 bridgehead atoms. The van der Waals surface area contributed by atoms with Gasteiger partial charge in [0, 0.05) is 28.0 Å². The summed E-state index contributed by atoms with van der Waals surface area (Å²) in [5.74, 6) is 0.0365. The summed E-state index contributed by atoms with van der Waals surface area (Å²) in [5.41, 5.74) is 6.06. The maximum absolute atomic E-state index is 12.7. The normalized spacial score (nSPS) is 12.4. The summed E-state index contributed by atoms with van der Waals surface area (Å²) in [7, 11) is 0. The number of aromatic hydroxyl groups is 1. The number of hydrogen-bond acceptors (Lipinski definition) is 3. The largest absolute Gasteiger partial charge is 0.606 e. The Morgan fingerprint density at radius 2 is 1.50 bits per heavy atom. The number of nitrogens with two attached hydrogens (primary N) is 1. The van der Waals surface area contributed by atoms with Gasteiger partial charge >= 0.3 is 0 Å². The fourth-order valence-electron chi connectivity index (χ4n) is 2.17. The molecule has 20 heavy (non-hydrogen) atoms. The van der Waals surface area contributed by atoms with Crippen molar-refractivity contribution in [1.29, 1.82) is 0 Å². The molecule has 0 aliphatic carbocycles. The third-order valence-electron chi connectivity index (χ3n) is 3.16. The Hall–Kier alpha value is -2.17. The minimum absolute atomic E-state index is 0.0365. The third-order valence-corrected chi connectivity index (χ3v) is 4.60. The lowest BCUT2D eigenvalue weighted by molar-refractivity contribution is 0.484. The Bertz CT molecular complexity index is 759. The van der Waals surface area contributed by atoms with Crippen LogP contribution in [-0.2, 0) is 11.2 Å². The number of anilines is 1. The highest BCUT2D eigenvalue weighted by Gasteiger charge is 2.20. The molecule has 3 rings (SSSR count). The maximum Gasteiger partial charge on any atom is 0.168 e. The van der Waals surface area contributed by atoms with Crippen molar-refractivity contribution in [3.63, 3.8) is 0 Å². The minimum atomic E-state index is -1.33. The van der Waals surface area contributed by atoms with Crippen LogP contribution in [-0.4, -0.2) is 9.66 Å². The zero-order valence-electron chi connectivity index (χ0n) is 10.6. The number of benzene rings is 3. The van der Waals surface area contributed by atoms with Crippen molar-refractivity contribution in [1.82, 2.24) is 0 Å². The highest BCUT2D eigenvalue weighted by Crippen LogP contribution is 2.37. The SMILES string of the molecule is Nc1cc([S+]([O-])c2ccccc2)c2ccccc2c1O. The highest BCUT2D eigenvalue weighted by atomic mass is 32.2. The first-order valence-corrected chi connectivity index (χ1v) is 7.30. The molecule has 0 fully saturated rings. The van der Waals surface area contributed by atoms with Crippen LogP contribution in [0.5, 0.6) is 5.75 Å². The van der Waals surface area contributed by atoms with E-state index in [-0.39, 0.29) is 11.4 Å². The van der Waals surface area contributed by atoms with Gasteiger partial charge in [-0.2, -0.15) is 0 Å². The Morgan fingerprint density at radius 1 is 0.900 bits per heavy atom. The zero-order chi connectivity index (χ0) is 14.1. The summed E-state index contributed by atoms with van der Waals surface area (Å²) in [6.45, 7) is 0. The molecule has 0 saturated heterocycles. The van der Waals surface area contributed by atoms with Crippen LogP contribution >= 0.6 is 0 Å². The standard InChI is InChI=1S/C16H13NO2S/c17-14-10-15(20(19)11-6-2-1-3-7-11)12-8-4-5-9-13(12)16(14)18/h1-10,18H,17H2. The Morgan fingerprint density at radius 3 is 2.20 bits per heavy atom. The van der Waals surface area contributed by atoms with Crippen molar-refractivity contribution in [2.24, 2.45) is 0 Å². The average molecular weight is 283 g/mol. The van der Waals surface area contributed by atoms with E-state index in [0.717, 1.165) is 5.39 Å². The molecule has 1 unspecified atom stereocenters. The van der Waals surface area contributed by atoms with Crippen LogP contribution in [0.1, 0.15) is 0 Å². The molecular formula is C16H13NO2S. The minimum Gasteiger partial charge on any atom is -0.606 e. The molecule has 1 atom stereocenters. The zero-order valence-corrected chi connectivity index (χ0v) is 11.4. The van der Waals surface area contributed by atoms with Crippen molar-refractivity contribution in [2.75, 3.05) is 5.73 Å². The van der Waals surface area contributed by atoms with E-state index in [1.54, 1.807) is 12.1 Å². The van der Waals surface area contributed by atoms with Crippen LogP contribution in [0, 0.1) is 0 Å². The third kappa shape index (κ3) is 2.09. The first kappa shape index (κ1) is 12.8. The molecule has 3 N–H and O–H groups in total. The first-order valence-electron chi connectivity index (χ1n) is 6.15. The lowest BCUT2D eigenvalue weighted by Crippen LogP contribution is -2.04. The van der Waals surface area contributed by atoms with E-state index in [1.165, 1.54) is 0 Å². The van der Waals surface area contributed by atoms with Gasteiger partial charge in [-0.1, -0.05) is 36.4 Å². The average Bonchev–Trinajstić information content (AvgIpc) is 2.51. The molecule has 3 aromatic rings. The van der Waals surface area contributed by atoms with E-state index in [0.29, 0.717) is 15.2 Å². The van der Waals surface area contributed by atoms with Crippen molar-refractivity contribution >= 4 is 27.6 Å². The van der Waals surface area contributed by atoms with Gasteiger partial charge in [0.15, 0.2) is 9.79 Å². The van der Waals surface area contributed by atoms with Gasteiger partial charge in [0.05, 0.1) is 5.69 Å². The smallest absolute Gasteiger partial charge is 0.168 e. The summed E-state index contributed by atoms with van der Waals surface area (Å²) in [6.07, 6.45) is 0. The van der Waals surface area contributed by atoms with Gasteiger partial charge in [0.25, 0.3) is 0 Å². The Kier molecular flexibility index (Phi) is 3.26. The Balaban J connectivity index is 2.24. The molecule has 0 aliphatic rings. The molecule has 0 amide bonds. The van der Waals surface area contributed by atoms with Crippen LogP contribution in [0.25, 0.3) is 10.8 Å². The predicted molar refractivity (Wildman–Crippen MR) is 81.1 cm³/mol. The topological polar surface area (TPSA) is 69.3 Å². The maximum atomic E-state index is 12.7. The fraction of sp³-hybridized carbons (Fsp3) is 0. The van der Waals surface area contributed by atoms with Gasteiger partial charge in [-0.3, -0.25) is 0 Å². The number of fused-ring (bicyclic) bond motifs is 1. The summed E-state index contributed by atoms with van der Waals surface area (Å²) >= 11 is -1.33. The predicted octanol–water partition coefficient (Wildman–Crippen LogP) is 3.29. The summed E-state index contributed by atoms with van der Waals surface area (Å²) in [6, 6.07) is 18.1. The van der Waals surface area contributed by atoms with Gasteiger partial charge < -0.3 is 15.4 Å². The van der Waals surface area contributed by atoms with Crippen molar-refractivity contribution in [2.45, 2.75) is 9.79 Å². The molecular weight excluding hydrogens is 270 g/mol. The van der Waals surface area contributed by atoms with E-state index in [4.69, 9.17) is 5.73 Å². The molecule has 0 heterocycles. The number of phenols is 1. The van der Waals surface area contributed by atoms with Crippen LogP contribution < -0.4 is 5.73 Å². The van der Waals surface area contributed by atoms with Gasteiger partial charge in [-0.05, 0) is 18.2 Å². The molecule has 0 saturated carbocycles. The molecule has 3 nitrogen and oxygen atoms in total. The summed E-state index contributed by atoms with van der Waals surface area (Å²) in [4.78, 5) is 1.32. The van der Waals surface area contributed by atoms with E-state index in [1.807, 2.05) is 48.5 Å². The first-order chi connectivity index (χ1) is 9.68. The van der Waals surface area contributed by atoms with Gasteiger partial charge in [0.2, 0.25) is 0 Å². The van der Waals surface area contributed by atoms with Gasteiger partial charge in [0.1, 0.15) is 5.75 Å². The molecule has 0 aliphatic heterocycles. The summed E-state index contributed by atoms with van der Waals surface area (Å²) in [5, 5.41) is 11.4. The fourth-order valence-corrected chi connectivity index (χ4v) is 3.44. The quantitative estimate of drug-likeness (QED) is 0.431. The Labute approximate surface area is 119 Å². The van der Waals surface area contributed by atoms with Crippen molar-refractivity contribution < 1.29 is 9.66 Å². The van der Waals surface area contributed by atoms with E-state index in [9.17, 15) is 9.66 Å². The van der Waals surface area contributed by atoms with Crippen molar-refractivity contribution in [3.05, 3.63) is 60.7 Å². The number of phenolic OH excluding ortho intramolecular Hbond substituents is 1. The number of nitrogen functional groups attached to an aromatic ring is 1. The second kappa shape index (κ2) is 5.07. The van der Waals surface area contributed by atoms with E-state index in [2.05, 4.69) is 0 Å². The second-order valence-electron chi connectivity index (χ2n) is 4.44.